The van der Waals surface area contributed by atoms with E-state index in [0.29, 0.717) is 5.56 Å². The Morgan fingerprint density at radius 1 is 1.35 bits per heavy atom. The molecule has 0 heterocycles. The van der Waals surface area contributed by atoms with Crippen molar-refractivity contribution in [2.24, 2.45) is 0 Å². The van der Waals surface area contributed by atoms with Gasteiger partial charge in [-0.3, -0.25) is 9.59 Å². The van der Waals surface area contributed by atoms with E-state index in [1.807, 2.05) is 0 Å². The molecule has 4 nitrogen and oxygen atoms in total. The number of rotatable bonds is 4. The molecule has 0 bridgehead atoms. The number of hydrogen-bond donors (Lipinski definition) is 1. The predicted molar refractivity (Wildman–Crippen MR) is 67.7 cm³/mol. The Labute approximate surface area is 108 Å². The van der Waals surface area contributed by atoms with E-state index in [1.165, 1.54) is 7.11 Å². The van der Waals surface area contributed by atoms with Gasteiger partial charge < -0.3 is 10.1 Å². The van der Waals surface area contributed by atoms with E-state index in [0.717, 1.165) is 4.47 Å². The van der Waals surface area contributed by atoms with Gasteiger partial charge in [0.1, 0.15) is 0 Å². The maximum absolute atomic E-state index is 11.8. The second-order valence-corrected chi connectivity index (χ2v) is 4.58. The molecule has 0 aliphatic carbocycles. The molecule has 0 radical (unpaired) electrons. The standard InChI is InChI=1S/C12H14BrNO3/c1-8(7-11(15)17-2)14-12(16)9-3-5-10(13)6-4-9/h3-6,8H,7H2,1-2H3,(H,14,16). The maximum Gasteiger partial charge on any atom is 0.307 e. The lowest BCUT2D eigenvalue weighted by Crippen LogP contribution is -2.34. The molecule has 0 aliphatic heterocycles. The second kappa shape index (κ2) is 6.39. The predicted octanol–water partition coefficient (Wildman–Crippen LogP) is 2.13. The summed E-state index contributed by atoms with van der Waals surface area (Å²) in [7, 11) is 1.32. The van der Waals surface area contributed by atoms with Crippen LogP contribution in [0.1, 0.15) is 23.7 Å². The van der Waals surface area contributed by atoms with Crippen LogP contribution < -0.4 is 5.32 Å². The van der Waals surface area contributed by atoms with Gasteiger partial charge >= 0.3 is 5.97 Å². The fourth-order valence-electron chi connectivity index (χ4n) is 1.29. The second-order valence-electron chi connectivity index (χ2n) is 3.66. The van der Waals surface area contributed by atoms with Crippen molar-refractivity contribution in [1.82, 2.24) is 5.32 Å². The first-order valence-corrected chi connectivity index (χ1v) is 5.95. The Morgan fingerprint density at radius 2 is 1.94 bits per heavy atom. The van der Waals surface area contributed by atoms with Crippen LogP contribution in [0, 0.1) is 0 Å². The Kier molecular flexibility index (Phi) is 5.15. The molecule has 1 atom stereocenters. The molecule has 1 aromatic carbocycles. The number of nitrogens with one attached hydrogen (secondary N) is 1. The summed E-state index contributed by atoms with van der Waals surface area (Å²) in [6.45, 7) is 1.76. The van der Waals surface area contributed by atoms with Gasteiger partial charge in [-0.25, -0.2) is 0 Å². The third-order valence-electron chi connectivity index (χ3n) is 2.18. The zero-order chi connectivity index (χ0) is 12.8. The SMILES string of the molecule is COC(=O)CC(C)NC(=O)c1ccc(Br)cc1. The highest BCUT2D eigenvalue weighted by atomic mass is 79.9. The molecule has 0 aromatic heterocycles. The first-order chi connectivity index (χ1) is 8.02. The highest BCUT2D eigenvalue weighted by molar-refractivity contribution is 9.10. The van der Waals surface area contributed by atoms with Crippen molar-refractivity contribution < 1.29 is 14.3 Å². The molecular formula is C12H14BrNO3. The molecule has 0 fully saturated rings. The molecule has 1 N–H and O–H groups in total. The molecule has 1 amide bonds. The Hall–Kier alpha value is -1.36. The molecule has 0 saturated heterocycles. The minimum absolute atomic E-state index is 0.165. The fourth-order valence-corrected chi connectivity index (χ4v) is 1.56. The zero-order valence-corrected chi connectivity index (χ0v) is 11.3. The van der Waals surface area contributed by atoms with Crippen LogP contribution in [0.5, 0.6) is 0 Å². The topological polar surface area (TPSA) is 55.4 Å². The summed E-state index contributed by atoms with van der Waals surface area (Å²) in [5.74, 6) is -0.539. The van der Waals surface area contributed by atoms with Crippen molar-refractivity contribution in [2.45, 2.75) is 19.4 Å². The average Bonchev–Trinajstić information content (AvgIpc) is 2.29. The van der Waals surface area contributed by atoms with Gasteiger partial charge in [-0.05, 0) is 31.2 Å². The van der Waals surface area contributed by atoms with Crippen LogP contribution in [0.4, 0.5) is 0 Å². The first kappa shape index (κ1) is 13.7. The summed E-state index contributed by atoms with van der Waals surface area (Å²) in [4.78, 5) is 22.8. The van der Waals surface area contributed by atoms with Crippen molar-refractivity contribution in [1.29, 1.82) is 0 Å². The van der Waals surface area contributed by atoms with Gasteiger partial charge in [0.15, 0.2) is 0 Å². The first-order valence-electron chi connectivity index (χ1n) is 5.16. The van der Waals surface area contributed by atoms with Crippen LogP contribution in [0.2, 0.25) is 0 Å². The van der Waals surface area contributed by atoms with E-state index in [2.05, 4.69) is 26.0 Å². The number of carbonyl (C=O) groups excluding carboxylic acids is 2. The molecule has 5 heteroatoms. The number of halogens is 1. The van der Waals surface area contributed by atoms with Crippen LogP contribution in [0.25, 0.3) is 0 Å². The molecule has 1 unspecified atom stereocenters. The van der Waals surface area contributed by atoms with E-state index >= 15 is 0 Å². The summed E-state index contributed by atoms with van der Waals surface area (Å²) in [5.41, 5.74) is 0.560. The molecule has 17 heavy (non-hydrogen) atoms. The van der Waals surface area contributed by atoms with Crippen LogP contribution in [-0.4, -0.2) is 25.0 Å². The molecule has 0 aliphatic rings. The highest BCUT2D eigenvalue weighted by Gasteiger charge is 2.13. The number of methoxy groups -OCH3 is 1. The molecule has 1 aromatic rings. The maximum atomic E-state index is 11.8. The lowest BCUT2D eigenvalue weighted by Gasteiger charge is -2.12. The number of esters is 1. The Morgan fingerprint density at radius 3 is 2.47 bits per heavy atom. The van der Waals surface area contributed by atoms with E-state index in [9.17, 15) is 9.59 Å². The number of hydrogen-bond acceptors (Lipinski definition) is 3. The minimum atomic E-state index is -0.339. The van der Waals surface area contributed by atoms with Crippen molar-refractivity contribution in [2.75, 3.05) is 7.11 Å². The van der Waals surface area contributed by atoms with E-state index in [4.69, 9.17) is 0 Å². The molecule has 0 saturated carbocycles. The Bertz CT molecular complexity index is 403. The number of ether oxygens (including phenoxy) is 1. The van der Waals surface area contributed by atoms with Crippen molar-refractivity contribution in [3.05, 3.63) is 34.3 Å². The molecule has 92 valence electrons. The molecule has 1 rings (SSSR count). The summed E-state index contributed by atoms with van der Waals surface area (Å²) in [5, 5.41) is 2.73. The van der Waals surface area contributed by atoms with E-state index < -0.39 is 0 Å². The zero-order valence-electron chi connectivity index (χ0n) is 9.70. The van der Waals surface area contributed by atoms with Gasteiger partial charge in [-0.2, -0.15) is 0 Å². The van der Waals surface area contributed by atoms with Gasteiger partial charge in [-0.15, -0.1) is 0 Å². The van der Waals surface area contributed by atoms with E-state index in [-0.39, 0.29) is 24.3 Å². The third-order valence-corrected chi connectivity index (χ3v) is 2.71. The van der Waals surface area contributed by atoms with Crippen LogP contribution in [0.15, 0.2) is 28.7 Å². The summed E-state index contributed by atoms with van der Waals surface area (Å²) in [6, 6.07) is 6.76. The minimum Gasteiger partial charge on any atom is -0.469 e. The number of benzene rings is 1. The van der Waals surface area contributed by atoms with Gasteiger partial charge in [0.25, 0.3) is 5.91 Å². The monoisotopic (exact) mass is 299 g/mol. The normalized spacial score (nSPS) is 11.7. The Balaban J connectivity index is 2.54. The summed E-state index contributed by atoms with van der Waals surface area (Å²) in [6.07, 6.45) is 0.165. The van der Waals surface area contributed by atoms with Crippen LogP contribution >= 0.6 is 15.9 Å². The molecular weight excluding hydrogens is 286 g/mol. The average molecular weight is 300 g/mol. The smallest absolute Gasteiger partial charge is 0.307 e. The van der Waals surface area contributed by atoms with E-state index in [1.54, 1.807) is 31.2 Å². The lowest BCUT2D eigenvalue weighted by molar-refractivity contribution is -0.141. The van der Waals surface area contributed by atoms with Gasteiger partial charge in [0, 0.05) is 16.1 Å². The van der Waals surface area contributed by atoms with Crippen LogP contribution in [-0.2, 0) is 9.53 Å². The van der Waals surface area contributed by atoms with Gasteiger partial charge in [0.05, 0.1) is 13.5 Å². The largest absolute Gasteiger partial charge is 0.469 e. The quantitative estimate of drug-likeness (QED) is 0.867. The van der Waals surface area contributed by atoms with Crippen molar-refractivity contribution >= 4 is 27.8 Å². The van der Waals surface area contributed by atoms with Crippen molar-refractivity contribution in [3.8, 4) is 0 Å². The highest BCUT2D eigenvalue weighted by Crippen LogP contribution is 2.10. The van der Waals surface area contributed by atoms with Crippen LogP contribution in [0.3, 0.4) is 0 Å². The van der Waals surface area contributed by atoms with Crippen molar-refractivity contribution in [3.63, 3.8) is 0 Å². The third kappa shape index (κ3) is 4.56. The summed E-state index contributed by atoms with van der Waals surface area (Å²) < 4.78 is 5.44. The molecule has 0 spiro atoms. The fraction of sp³-hybridized carbons (Fsp3) is 0.333. The summed E-state index contributed by atoms with van der Waals surface area (Å²) >= 11 is 3.29. The van der Waals surface area contributed by atoms with Gasteiger partial charge in [0.2, 0.25) is 0 Å². The lowest BCUT2D eigenvalue weighted by atomic mass is 10.2. The number of carbonyl (C=O) groups is 2. The number of amides is 1. The van der Waals surface area contributed by atoms with Gasteiger partial charge in [-0.1, -0.05) is 15.9 Å².